The number of carboxylic acid groups (broad SMARTS) is 1. The second-order valence-electron chi connectivity index (χ2n) is 9.41. The average molecular weight is 547 g/mol. The Morgan fingerprint density at radius 3 is 2.25 bits per heavy atom. The molecule has 40 heavy (non-hydrogen) atoms. The zero-order valence-corrected chi connectivity index (χ0v) is 23.1. The number of aromatic nitrogens is 2. The summed E-state index contributed by atoms with van der Waals surface area (Å²) >= 11 is 0. The lowest BCUT2D eigenvalue weighted by molar-refractivity contribution is -0.149. The van der Waals surface area contributed by atoms with E-state index in [-0.39, 0.29) is 19.2 Å². The van der Waals surface area contributed by atoms with Crippen LogP contribution in [0.4, 0.5) is 5.69 Å². The van der Waals surface area contributed by atoms with Gasteiger partial charge < -0.3 is 14.6 Å². The number of fused-ring (bicyclic) bond motifs is 1. The quantitative estimate of drug-likeness (QED) is 0.368. The van der Waals surface area contributed by atoms with Crippen LogP contribution in [0.1, 0.15) is 50.2 Å². The van der Waals surface area contributed by atoms with Crippen molar-refractivity contribution in [2.24, 2.45) is 0 Å². The van der Waals surface area contributed by atoms with Crippen molar-refractivity contribution in [1.29, 1.82) is 0 Å². The van der Waals surface area contributed by atoms with Crippen molar-refractivity contribution in [3.05, 3.63) is 83.2 Å². The maximum absolute atomic E-state index is 13.6. The number of rotatable bonds is 10. The van der Waals surface area contributed by atoms with Crippen molar-refractivity contribution in [1.82, 2.24) is 15.3 Å². The Labute approximate surface area is 233 Å². The number of carbonyl (C=O) groups excluding carboxylic acids is 2. The molecule has 0 aliphatic carbocycles. The normalized spacial score (nSPS) is 18.3. The van der Waals surface area contributed by atoms with E-state index in [1.54, 1.807) is 62.4 Å². The summed E-state index contributed by atoms with van der Waals surface area (Å²) in [5, 5.41) is 13.9. The Morgan fingerprint density at radius 2 is 1.65 bits per heavy atom. The highest BCUT2D eigenvalue weighted by Gasteiger charge is 2.52. The van der Waals surface area contributed by atoms with E-state index in [2.05, 4.69) is 15.3 Å². The predicted molar refractivity (Wildman–Crippen MR) is 148 cm³/mol. The fraction of sp³-hybridized carbons (Fsp3) is 0.367. The Kier molecular flexibility index (Phi) is 8.79. The molecule has 3 aromatic rings. The van der Waals surface area contributed by atoms with E-state index in [4.69, 9.17) is 9.47 Å². The van der Waals surface area contributed by atoms with Crippen molar-refractivity contribution >= 4 is 23.5 Å². The molecule has 0 unspecified atom stereocenters. The van der Waals surface area contributed by atoms with Gasteiger partial charge in [0.05, 0.1) is 18.8 Å². The summed E-state index contributed by atoms with van der Waals surface area (Å²) in [6.45, 7) is 7.05. The minimum absolute atomic E-state index is 0.0643. The second kappa shape index (κ2) is 12.3. The topological polar surface area (TPSA) is 131 Å². The van der Waals surface area contributed by atoms with Gasteiger partial charge in [0.1, 0.15) is 11.6 Å². The number of nitrogens with one attached hydrogen (secondary N) is 1. The fourth-order valence-corrected chi connectivity index (χ4v) is 5.06. The molecule has 1 aliphatic heterocycles. The number of hydrogen-bond acceptors (Lipinski definition) is 8. The summed E-state index contributed by atoms with van der Waals surface area (Å²) in [5.41, 5.74) is 1.24. The van der Waals surface area contributed by atoms with Crippen LogP contribution in [0.5, 0.6) is 6.01 Å². The molecular formula is C30H34N4O6. The van der Waals surface area contributed by atoms with Crippen molar-refractivity contribution < 1.29 is 29.0 Å². The van der Waals surface area contributed by atoms with Crippen LogP contribution in [0.25, 0.3) is 0 Å². The Balaban J connectivity index is 1.97. The molecule has 0 bridgehead atoms. The monoisotopic (exact) mass is 546 g/mol. The van der Waals surface area contributed by atoms with E-state index < -0.39 is 35.5 Å². The standard InChI is InChI=1S/C30H34N4O6/c1-5-21-17-22(6-2)33-29(32-21)40-26(27(36)37)30(20-13-9-8-10-14-20)23-15-11-12-16-24(23)34(25(35)18-31-30)19(4)28(38)39-7-3/h8-17,19,26,31H,5-7,18H2,1-4H3,(H,36,37)/t19-,26-,30+/m1/s1. The van der Waals surface area contributed by atoms with Crippen molar-refractivity contribution in [2.45, 2.75) is 58.2 Å². The molecule has 10 heteroatoms. The fourth-order valence-electron chi connectivity index (χ4n) is 5.06. The van der Waals surface area contributed by atoms with Gasteiger partial charge in [-0.1, -0.05) is 62.4 Å². The molecule has 0 radical (unpaired) electrons. The molecule has 0 saturated carbocycles. The van der Waals surface area contributed by atoms with Gasteiger partial charge in [-0.05, 0) is 44.4 Å². The molecule has 3 atom stereocenters. The van der Waals surface area contributed by atoms with Gasteiger partial charge in [0, 0.05) is 17.0 Å². The number of amides is 1. The van der Waals surface area contributed by atoms with Gasteiger partial charge in [-0.3, -0.25) is 15.0 Å². The van der Waals surface area contributed by atoms with Crippen LogP contribution < -0.4 is 15.0 Å². The first-order chi connectivity index (χ1) is 19.3. The van der Waals surface area contributed by atoms with Crippen LogP contribution in [-0.2, 0) is 37.5 Å². The Hall–Kier alpha value is -4.31. The smallest absolute Gasteiger partial charge is 0.347 e. The number of nitrogens with zero attached hydrogens (tertiary/aromatic N) is 3. The van der Waals surface area contributed by atoms with E-state index in [1.807, 2.05) is 26.0 Å². The molecule has 2 heterocycles. The lowest BCUT2D eigenvalue weighted by Gasteiger charge is -2.39. The van der Waals surface area contributed by atoms with Gasteiger partial charge in [0.15, 0.2) is 0 Å². The Morgan fingerprint density at radius 1 is 1.02 bits per heavy atom. The number of carbonyl (C=O) groups is 3. The number of aryl methyl sites for hydroxylation is 2. The van der Waals surface area contributed by atoms with Gasteiger partial charge in [0.2, 0.25) is 12.0 Å². The largest absolute Gasteiger partial charge is 0.478 e. The highest BCUT2D eigenvalue weighted by molar-refractivity contribution is 6.02. The third kappa shape index (κ3) is 5.40. The van der Waals surface area contributed by atoms with E-state index in [1.165, 1.54) is 4.90 Å². The van der Waals surface area contributed by atoms with Gasteiger partial charge in [-0.15, -0.1) is 0 Å². The summed E-state index contributed by atoms with van der Waals surface area (Å²) in [5.74, 6) is -2.28. The number of para-hydroxylation sites is 1. The predicted octanol–water partition coefficient (Wildman–Crippen LogP) is 3.27. The van der Waals surface area contributed by atoms with Crippen molar-refractivity contribution in [3.8, 4) is 6.01 Å². The zero-order chi connectivity index (χ0) is 28.9. The molecule has 1 amide bonds. The SMILES string of the molecule is CCOC(=O)[C@@H](C)N1C(=O)CN[C@](c2ccccc2)([C@H](Oc2nc(CC)cc(CC)n2)C(=O)O)c2ccccc21. The van der Waals surface area contributed by atoms with Crippen LogP contribution in [0.3, 0.4) is 0 Å². The van der Waals surface area contributed by atoms with Gasteiger partial charge in [-0.25, -0.2) is 19.6 Å². The maximum atomic E-state index is 13.6. The highest BCUT2D eigenvalue weighted by atomic mass is 16.5. The third-order valence-corrected chi connectivity index (χ3v) is 7.00. The first kappa shape index (κ1) is 28.7. The van der Waals surface area contributed by atoms with Crippen LogP contribution in [-0.4, -0.2) is 58.2 Å². The lowest BCUT2D eigenvalue weighted by Crippen LogP contribution is -2.58. The molecular weight excluding hydrogens is 512 g/mol. The molecule has 0 fully saturated rings. The second-order valence-corrected chi connectivity index (χ2v) is 9.41. The molecule has 2 N–H and O–H groups in total. The van der Waals surface area contributed by atoms with Crippen LogP contribution in [0, 0.1) is 0 Å². The number of aliphatic carboxylic acids is 1. The van der Waals surface area contributed by atoms with E-state index in [0.717, 1.165) is 11.4 Å². The summed E-state index contributed by atoms with van der Waals surface area (Å²) in [6, 6.07) is 16.7. The first-order valence-electron chi connectivity index (χ1n) is 13.4. The van der Waals surface area contributed by atoms with Crippen LogP contribution in [0.2, 0.25) is 0 Å². The summed E-state index contributed by atoms with van der Waals surface area (Å²) in [6.07, 6.45) is -0.369. The van der Waals surface area contributed by atoms with Crippen LogP contribution >= 0.6 is 0 Å². The maximum Gasteiger partial charge on any atom is 0.347 e. The molecule has 2 aromatic carbocycles. The molecule has 210 valence electrons. The summed E-state index contributed by atoms with van der Waals surface area (Å²) < 4.78 is 11.4. The summed E-state index contributed by atoms with van der Waals surface area (Å²) in [4.78, 5) is 49.8. The molecule has 0 spiro atoms. The Bertz CT molecular complexity index is 1360. The van der Waals surface area contributed by atoms with Crippen LogP contribution in [0.15, 0.2) is 60.7 Å². The first-order valence-corrected chi connectivity index (χ1v) is 13.4. The number of benzene rings is 2. The highest BCUT2D eigenvalue weighted by Crippen LogP contribution is 2.42. The molecule has 0 saturated heterocycles. The number of carboxylic acids is 1. The average Bonchev–Trinajstić information content (AvgIpc) is 3.10. The zero-order valence-electron chi connectivity index (χ0n) is 23.1. The van der Waals surface area contributed by atoms with E-state index >= 15 is 0 Å². The number of esters is 1. The molecule has 4 rings (SSSR count). The van der Waals surface area contributed by atoms with Crippen molar-refractivity contribution in [3.63, 3.8) is 0 Å². The van der Waals surface area contributed by atoms with Gasteiger partial charge in [-0.2, -0.15) is 0 Å². The minimum Gasteiger partial charge on any atom is -0.478 e. The number of ether oxygens (including phenoxy) is 2. The van der Waals surface area contributed by atoms with E-state index in [0.29, 0.717) is 29.7 Å². The number of hydrogen-bond donors (Lipinski definition) is 2. The summed E-state index contributed by atoms with van der Waals surface area (Å²) in [7, 11) is 0. The minimum atomic E-state index is -1.60. The lowest BCUT2D eigenvalue weighted by atomic mass is 9.77. The van der Waals surface area contributed by atoms with Gasteiger partial charge in [0.25, 0.3) is 0 Å². The third-order valence-electron chi connectivity index (χ3n) is 7.00. The molecule has 1 aromatic heterocycles. The van der Waals surface area contributed by atoms with Gasteiger partial charge >= 0.3 is 17.9 Å². The number of anilines is 1. The van der Waals surface area contributed by atoms with E-state index in [9.17, 15) is 19.5 Å². The van der Waals surface area contributed by atoms with Crippen molar-refractivity contribution in [2.75, 3.05) is 18.1 Å². The molecule has 1 aliphatic rings. The molecule has 10 nitrogen and oxygen atoms in total.